The average Bonchev–Trinajstić information content (AvgIpc) is 3.20. The first-order valence-corrected chi connectivity index (χ1v) is 7.33. The van der Waals surface area contributed by atoms with Gasteiger partial charge in [0.25, 0.3) is 0 Å². The van der Waals surface area contributed by atoms with Gasteiger partial charge in [-0.25, -0.2) is 4.98 Å². The lowest BCUT2D eigenvalue weighted by Crippen LogP contribution is -2.02. The molecule has 3 N–H and O–H groups in total. The van der Waals surface area contributed by atoms with E-state index in [0.717, 1.165) is 5.76 Å². The predicted octanol–water partition coefficient (Wildman–Crippen LogP) is 3.01. The number of benzene rings is 1. The standard InChI is InChI=1S/C17H14N4O3/c22-11-3-4-13(14(23)8-11)16-17(19-9-12-2-1-7-24-12)21-6-5-18-10-15(21)20-16/h1-8,10,19,22-23H,9H2. The normalized spacial score (nSPS) is 11.0. The van der Waals surface area contributed by atoms with Gasteiger partial charge in [-0.05, 0) is 24.3 Å². The van der Waals surface area contributed by atoms with Crippen LogP contribution in [0.4, 0.5) is 5.82 Å². The maximum absolute atomic E-state index is 10.2. The van der Waals surface area contributed by atoms with Gasteiger partial charge < -0.3 is 19.9 Å². The fourth-order valence-corrected chi connectivity index (χ4v) is 2.57. The summed E-state index contributed by atoms with van der Waals surface area (Å²) >= 11 is 0. The molecule has 1 aromatic carbocycles. The van der Waals surface area contributed by atoms with Crippen LogP contribution in [0.1, 0.15) is 5.76 Å². The van der Waals surface area contributed by atoms with E-state index < -0.39 is 0 Å². The minimum atomic E-state index is -0.0487. The number of rotatable bonds is 4. The van der Waals surface area contributed by atoms with Crippen LogP contribution in [0, 0.1) is 0 Å². The molecular formula is C17H14N4O3. The van der Waals surface area contributed by atoms with Crippen molar-refractivity contribution in [3.05, 3.63) is 60.9 Å². The van der Waals surface area contributed by atoms with Gasteiger partial charge in [0, 0.05) is 24.0 Å². The molecule has 3 aromatic heterocycles. The third-order valence-corrected chi connectivity index (χ3v) is 3.68. The van der Waals surface area contributed by atoms with Crippen molar-refractivity contribution in [3.8, 4) is 22.8 Å². The molecule has 0 saturated carbocycles. The molecular weight excluding hydrogens is 308 g/mol. The van der Waals surface area contributed by atoms with E-state index in [2.05, 4.69) is 15.3 Å². The highest BCUT2D eigenvalue weighted by molar-refractivity contribution is 5.80. The fraction of sp³-hybridized carbons (Fsp3) is 0.0588. The molecule has 0 amide bonds. The number of imidazole rings is 1. The summed E-state index contributed by atoms with van der Waals surface area (Å²) in [6.45, 7) is 0.467. The van der Waals surface area contributed by atoms with Gasteiger partial charge in [0.05, 0.1) is 19.0 Å². The van der Waals surface area contributed by atoms with Crippen LogP contribution in [-0.2, 0) is 6.54 Å². The average molecular weight is 322 g/mol. The number of anilines is 1. The Morgan fingerprint density at radius 3 is 2.92 bits per heavy atom. The molecule has 0 atom stereocenters. The number of hydrogen-bond donors (Lipinski definition) is 3. The summed E-state index contributed by atoms with van der Waals surface area (Å²) < 4.78 is 7.19. The van der Waals surface area contributed by atoms with Gasteiger partial charge in [0.1, 0.15) is 28.8 Å². The highest BCUT2D eigenvalue weighted by Crippen LogP contribution is 2.36. The number of fused-ring (bicyclic) bond motifs is 1. The third-order valence-electron chi connectivity index (χ3n) is 3.68. The highest BCUT2D eigenvalue weighted by Gasteiger charge is 2.17. The molecule has 4 aromatic rings. The summed E-state index contributed by atoms with van der Waals surface area (Å²) in [6.07, 6.45) is 6.70. The van der Waals surface area contributed by atoms with Crippen LogP contribution in [0.5, 0.6) is 11.5 Å². The lowest BCUT2D eigenvalue weighted by atomic mass is 10.1. The summed E-state index contributed by atoms with van der Waals surface area (Å²) in [6, 6.07) is 8.11. The molecule has 0 spiro atoms. The van der Waals surface area contributed by atoms with Crippen LogP contribution < -0.4 is 5.32 Å². The molecule has 0 unspecified atom stereocenters. The highest BCUT2D eigenvalue weighted by atomic mass is 16.3. The van der Waals surface area contributed by atoms with Crippen molar-refractivity contribution in [1.29, 1.82) is 0 Å². The van der Waals surface area contributed by atoms with Crippen LogP contribution >= 0.6 is 0 Å². The first kappa shape index (κ1) is 14.1. The van der Waals surface area contributed by atoms with Gasteiger partial charge in [-0.1, -0.05) is 0 Å². The zero-order valence-corrected chi connectivity index (χ0v) is 12.5. The molecule has 0 aliphatic rings. The number of aromatic nitrogens is 3. The summed E-state index contributed by atoms with van der Waals surface area (Å²) in [5.41, 5.74) is 1.72. The second kappa shape index (κ2) is 5.62. The van der Waals surface area contributed by atoms with Crippen LogP contribution in [0.3, 0.4) is 0 Å². The second-order valence-electron chi connectivity index (χ2n) is 5.25. The molecule has 0 bridgehead atoms. The number of hydrogen-bond acceptors (Lipinski definition) is 6. The SMILES string of the molecule is Oc1ccc(-c2nc3cnccn3c2NCc2ccco2)c(O)c1. The van der Waals surface area contributed by atoms with Gasteiger partial charge in [-0.2, -0.15) is 0 Å². The number of phenolic OH excluding ortho intramolecular Hbond substituents is 2. The predicted molar refractivity (Wildman–Crippen MR) is 87.8 cm³/mol. The van der Waals surface area contributed by atoms with Crippen molar-refractivity contribution in [1.82, 2.24) is 14.4 Å². The Labute approximate surface area is 136 Å². The summed E-state index contributed by atoms with van der Waals surface area (Å²) in [5.74, 6) is 1.42. The van der Waals surface area contributed by atoms with Crippen molar-refractivity contribution in [2.45, 2.75) is 6.54 Å². The summed E-state index contributed by atoms with van der Waals surface area (Å²) in [5, 5.41) is 23.0. The fourth-order valence-electron chi connectivity index (χ4n) is 2.57. The van der Waals surface area contributed by atoms with Crippen molar-refractivity contribution in [2.24, 2.45) is 0 Å². The lowest BCUT2D eigenvalue weighted by molar-refractivity contribution is 0.452. The molecule has 3 heterocycles. The zero-order valence-electron chi connectivity index (χ0n) is 12.5. The first-order valence-electron chi connectivity index (χ1n) is 7.33. The number of nitrogens with zero attached hydrogens (tertiary/aromatic N) is 3. The molecule has 0 aliphatic heterocycles. The van der Waals surface area contributed by atoms with E-state index in [-0.39, 0.29) is 11.5 Å². The van der Waals surface area contributed by atoms with Gasteiger partial charge in [-0.15, -0.1) is 0 Å². The van der Waals surface area contributed by atoms with Crippen molar-refractivity contribution in [2.75, 3.05) is 5.32 Å². The Morgan fingerprint density at radius 2 is 2.12 bits per heavy atom. The molecule has 7 nitrogen and oxygen atoms in total. The Morgan fingerprint density at radius 1 is 1.21 bits per heavy atom. The zero-order chi connectivity index (χ0) is 16.5. The summed E-state index contributed by atoms with van der Waals surface area (Å²) in [4.78, 5) is 8.61. The monoisotopic (exact) mass is 322 g/mol. The molecule has 7 heteroatoms. The second-order valence-corrected chi connectivity index (χ2v) is 5.25. The quantitative estimate of drug-likeness (QED) is 0.534. The molecule has 4 rings (SSSR count). The van der Waals surface area contributed by atoms with Gasteiger partial charge in [0.2, 0.25) is 0 Å². The Kier molecular flexibility index (Phi) is 3.31. The van der Waals surface area contributed by atoms with Crippen molar-refractivity contribution < 1.29 is 14.6 Å². The van der Waals surface area contributed by atoms with Crippen LogP contribution in [0.2, 0.25) is 0 Å². The lowest BCUT2D eigenvalue weighted by Gasteiger charge is -2.08. The number of furan rings is 1. The minimum Gasteiger partial charge on any atom is -0.508 e. The topological polar surface area (TPSA) is 95.8 Å². The van der Waals surface area contributed by atoms with Crippen molar-refractivity contribution >= 4 is 11.5 Å². The smallest absolute Gasteiger partial charge is 0.157 e. The number of phenols is 2. The third kappa shape index (κ3) is 2.41. The Balaban J connectivity index is 1.83. The van der Waals surface area contributed by atoms with Crippen LogP contribution in [0.15, 0.2) is 59.6 Å². The number of nitrogens with one attached hydrogen (secondary N) is 1. The van der Waals surface area contributed by atoms with E-state index in [1.165, 1.54) is 12.1 Å². The molecule has 0 saturated heterocycles. The largest absolute Gasteiger partial charge is 0.508 e. The first-order chi connectivity index (χ1) is 11.7. The Hall–Kier alpha value is -3.48. The van der Waals surface area contributed by atoms with Gasteiger partial charge in [0.15, 0.2) is 5.65 Å². The van der Waals surface area contributed by atoms with Crippen LogP contribution in [-0.4, -0.2) is 24.6 Å². The van der Waals surface area contributed by atoms with E-state index in [1.807, 2.05) is 16.5 Å². The molecule has 24 heavy (non-hydrogen) atoms. The van der Waals surface area contributed by atoms with Crippen LogP contribution in [0.25, 0.3) is 16.9 Å². The molecule has 0 radical (unpaired) electrons. The molecule has 0 fully saturated rings. The van der Waals surface area contributed by atoms with Crippen molar-refractivity contribution in [3.63, 3.8) is 0 Å². The van der Waals surface area contributed by atoms with E-state index in [9.17, 15) is 10.2 Å². The number of aromatic hydroxyl groups is 2. The van der Waals surface area contributed by atoms with E-state index in [4.69, 9.17) is 4.42 Å². The van der Waals surface area contributed by atoms with E-state index in [0.29, 0.717) is 29.3 Å². The Bertz CT molecular complexity index is 992. The van der Waals surface area contributed by atoms with Gasteiger partial charge in [-0.3, -0.25) is 9.38 Å². The van der Waals surface area contributed by atoms with Gasteiger partial charge >= 0.3 is 0 Å². The summed E-state index contributed by atoms with van der Waals surface area (Å²) in [7, 11) is 0. The maximum atomic E-state index is 10.2. The molecule has 0 aliphatic carbocycles. The minimum absolute atomic E-state index is 0.00762. The maximum Gasteiger partial charge on any atom is 0.157 e. The molecule has 120 valence electrons. The van der Waals surface area contributed by atoms with E-state index >= 15 is 0 Å². The van der Waals surface area contributed by atoms with E-state index in [1.54, 1.807) is 30.9 Å².